The summed E-state index contributed by atoms with van der Waals surface area (Å²) < 4.78 is 6.01. The number of benzene rings is 2. The fraction of sp³-hybridized carbons (Fsp3) is 0.241. The number of piperazine rings is 1. The van der Waals surface area contributed by atoms with E-state index in [9.17, 15) is 14.4 Å². The first-order chi connectivity index (χ1) is 19.3. The number of hydrogen-bond acceptors (Lipinski definition) is 6. The molecule has 2 aromatic carbocycles. The molecule has 2 aliphatic heterocycles. The Morgan fingerprint density at radius 3 is 2.45 bits per heavy atom. The molecule has 0 radical (unpaired) electrons. The SMILES string of the molecule is Nc1ccc(C=CC(=O)NCC2Cc3cc(-c4ccc(C(=O)N5CCN(C(=O)O)CC5)cc4)cc(Cl)c3O2)cn1. The van der Waals surface area contributed by atoms with E-state index in [0.29, 0.717) is 61.3 Å². The molecule has 4 N–H and O–H groups in total. The van der Waals surface area contributed by atoms with Crippen molar-refractivity contribution in [3.63, 3.8) is 0 Å². The summed E-state index contributed by atoms with van der Waals surface area (Å²) in [6.07, 6.45) is 4.06. The Kier molecular flexibility index (Phi) is 7.88. The number of nitrogens with one attached hydrogen (secondary N) is 1. The Morgan fingerprint density at radius 1 is 1.05 bits per heavy atom. The molecular weight excluding hydrogens is 534 g/mol. The van der Waals surface area contributed by atoms with Gasteiger partial charge in [-0.25, -0.2) is 9.78 Å². The van der Waals surface area contributed by atoms with Crippen LogP contribution in [0.4, 0.5) is 10.6 Å². The summed E-state index contributed by atoms with van der Waals surface area (Å²) in [7, 11) is 0. The number of aromatic nitrogens is 1. The average molecular weight is 562 g/mol. The van der Waals surface area contributed by atoms with E-state index >= 15 is 0 Å². The zero-order chi connectivity index (χ0) is 28.2. The first kappa shape index (κ1) is 27.0. The highest BCUT2D eigenvalue weighted by Crippen LogP contribution is 2.39. The van der Waals surface area contributed by atoms with Crippen LogP contribution in [0.5, 0.6) is 5.75 Å². The number of hydrogen-bond donors (Lipinski definition) is 3. The number of fused-ring (bicyclic) bond motifs is 1. The molecule has 3 heterocycles. The fourth-order valence-electron chi connectivity index (χ4n) is 4.72. The minimum Gasteiger partial charge on any atom is -0.486 e. The molecule has 1 atom stereocenters. The van der Waals surface area contributed by atoms with Gasteiger partial charge in [0.1, 0.15) is 17.7 Å². The van der Waals surface area contributed by atoms with Crippen molar-refractivity contribution < 1.29 is 24.2 Å². The largest absolute Gasteiger partial charge is 0.486 e. The highest BCUT2D eigenvalue weighted by atomic mass is 35.5. The summed E-state index contributed by atoms with van der Waals surface area (Å²) in [5, 5.41) is 12.4. The van der Waals surface area contributed by atoms with E-state index < -0.39 is 6.09 Å². The molecule has 0 aliphatic carbocycles. The van der Waals surface area contributed by atoms with E-state index in [4.69, 9.17) is 27.2 Å². The molecule has 1 saturated heterocycles. The molecule has 3 aromatic rings. The molecule has 3 amide bonds. The second kappa shape index (κ2) is 11.7. The molecule has 0 spiro atoms. The zero-order valence-electron chi connectivity index (χ0n) is 21.5. The third kappa shape index (κ3) is 6.18. The monoisotopic (exact) mass is 561 g/mol. The number of pyridine rings is 1. The maximum Gasteiger partial charge on any atom is 0.407 e. The quantitative estimate of drug-likeness (QED) is 0.391. The maximum atomic E-state index is 12.9. The molecule has 5 rings (SSSR count). The van der Waals surface area contributed by atoms with Crippen LogP contribution in [-0.2, 0) is 11.2 Å². The van der Waals surface area contributed by atoms with Crippen molar-refractivity contribution in [2.24, 2.45) is 0 Å². The standard InChI is InChI=1S/C29H28ClN5O5/c30-24-15-21(19-3-5-20(6-4-19)28(37)34-9-11-35(12-10-34)29(38)39)13-22-14-23(40-27(22)24)17-33-26(36)8-2-18-1-7-25(31)32-16-18/h1-8,13,15-16,23H,9-12,14,17H2,(H2,31,32)(H,33,36)(H,38,39). The molecule has 11 heteroatoms. The van der Waals surface area contributed by atoms with Gasteiger partial charge in [0.2, 0.25) is 5.91 Å². The molecule has 1 unspecified atom stereocenters. The first-order valence-corrected chi connectivity index (χ1v) is 13.2. The summed E-state index contributed by atoms with van der Waals surface area (Å²) in [4.78, 5) is 43.2. The third-order valence-electron chi connectivity index (χ3n) is 6.90. The minimum atomic E-state index is -0.966. The topological polar surface area (TPSA) is 138 Å². The molecule has 0 bridgehead atoms. The molecular formula is C29H28ClN5O5. The van der Waals surface area contributed by atoms with E-state index in [1.807, 2.05) is 24.3 Å². The van der Waals surface area contributed by atoms with Crippen LogP contribution in [0, 0.1) is 0 Å². The Morgan fingerprint density at radius 2 is 1.77 bits per heavy atom. The minimum absolute atomic E-state index is 0.123. The highest BCUT2D eigenvalue weighted by molar-refractivity contribution is 6.32. The van der Waals surface area contributed by atoms with Crippen LogP contribution < -0.4 is 15.8 Å². The van der Waals surface area contributed by atoms with E-state index in [1.165, 1.54) is 11.0 Å². The molecule has 1 fully saturated rings. The number of nitrogen functional groups attached to an aromatic ring is 1. The number of carbonyl (C=O) groups excluding carboxylic acids is 2. The van der Waals surface area contributed by atoms with Crippen molar-refractivity contribution in [3.8, 4) is 16.9 Å². The van der Waals surface area contributed by atoms with Gasteiger partial charge in [-0.05, 0) is 59.2 Å². The van der Waals surface area contributed by atoms with Gasteiger partial charge in [0.15, 0.2) is 0 Å². The van der Waals surface area contributed by atoms with Crippen molar-refractivity contribution in [3.05, 3.63) is 82.5 Å². The molecule has 40 heavy (non-hydrogen) atoms. The van der Waals surface area contributed by atoms with Gasteiger partial charge >= 0.3 is 6.09 Å². The molecule has 206 valence electrons. The number of carbonyl (C=O) groups is 3. The van der Waals surface area contributed by atoms with Crippen molar-refractivity contribution in [1.29, 1.82) is 0 Å². The molecule has 2 aliphatic rings. The Bertz CT molecular complexity index is 1450. The Labute approximate surface area is 236 Å². The number of amides is 3. The van der Waals surface area contributed by atoms with Crippen molar-refractivity contribution in [1.82, 2.24) is 20.1 Å². The maximum absolute atomic E-state index is 12.9. The number of ether oxygens (including phenoxy) is 1. The number of nitrogens with zero attached hydrogens (tertiary/aromatic N) is 3. The smallest absolute Gasteiger partial charge is 0.407 e. The van der Waals surface area contributed by atoms with Crippen LogP contribution >= 0.6 is 11.6 Å². The lowest BCUT2D eigenvalue weighted by molar-refractivity contribution is -0.116. The fourth-order valence-corrected chi connectivity index (χ4v) is 5.00. The summed E-state index contributed by atoms with van der Waals surface area (Å²) in [5.41, 5.74) is 9.63. The highest BCUT2D eigenvalue weighted by Gasteiger charge is 2.27. The predicted octanol–water partition coefficient (Wildman–Crippen LogP) is 3.55. The predicted molar refractivity (Wildman–Crippen MR) is 151 cm³/mol. The number of nitrogens with two attached hydrogens (primary N) is 1. The average Bonchev–Trinajstić information content (AvgIpc) is 3.39. The van der Waals surface area contributed by atoms with Gasteiger partial charge in [-0.2, -0.15) is 0 Å². The van der Waals surface area contributed by atoms with Crippen LogP contribution in [0.25, 0.3) is 17.2 Å². The number of halogens is 1. The van der Waals surface area contributed by atoms with Crippen LogP contribution in [0.2, 0.25) is 5.02 Å². The van der Waals surface area contributed by atoms with Gasteiger partial charge in [0.25, 0.3) is 5.91 Å². The number of anilines is 1. The molecule has 10 nitrogen and oxygen atoms in total. The summed E-state index contributed by atoms with van der Waals surface area (Å²) >= 11 is 6.55. The van der Waals surface area contributed by atoms with Crippen LogP contribution in [0.1, 0.15) is 21.5 Å². The lowest BCUT2D eigenvalue weighted by atomic mass is 9.99. The van der Waals surface area contributed by atoms with Gasteiger partial charge in [0.05, 0.1) is 11.6 Å². The second-order valence-electron chi connectivity index (χ2n) is 9.62. The third-order valence-corrected chi connectivity index (χ3v) is 7.18. The van der Waals surface area contributed by atoms with E-state index in [-0.39, 0.29) is 17.9 Å². The lowest BCUT2D eigenvalue weighted by Crippen LogP contribution is -2.50. The Balaban J connectivity index is 1.18. The normalized spacial score (nSPS) is 16.5. The summed E-state index contributed by atoms with van der Waals surface area (Å²) in [6, 6.07) is 14.6. The number of carboxylic acid groups (broad SMARTS) is 1. The second-order valence-corrected chi connectivity index (χ2v) is 10.0. The number of rotatable bonds is 6. The summed E-state index contributed by atoms with van der Waals surface area (Å²) in [6.45, 7) is 1.66. The zero-order valence-corrected chi connectivity index (χ0v) is 22.3. The van der Waals surface area contributed by atoms with E-state index in [2.05, 4.69) is 10.3 Å². The van der Waals surface area contributed by atoms with Crippen molar-refractivity contribution >= 4 is 41.4 Å². The summed E-state index contributed by atoms with van der Waals surface area (Å²) in [5.74, 6) is 0.655. The Hall–Kier alpha value is -4.57. The van der Waals surface area contributed by atoms with Crippen molar-refractivity contribution in [2.75, 3.05) is 38.5 Å². The van der Waals surface area contributed by atoms with Crippen molar-refractivity contribution in [2.45, 2.75) is 12.5 Å². The van der Waals surface area contributed by atoms with Crippen LogP contribution in [0.15, 0.2) is 60.8 Å². The van der Waals surface area contributed by atoms with Gasteiger partial charge in [0, 0.05) is 56.0 Å². The van der Waals surface area contributed by atoms with E-state index in [1.54, 1.807) is 41.4 Å². The van der Waals surface area contributed by atoms with Gasteiger partial charge in [-0.1, -0.05) is 23.7 Å². The van der Waals surface area contributed by atoms with Crippen LogP contribution in [-0.4, -0.2) is 76.6 Å². The lowest BCUT2D eigenvalue weighted by Gasteiger charge is -2.33. The van der Waals surface area contributed by atoms with Crippen LogP contribution in [0.3, 0.4) is 0 Å². The molecule has 1 aromatic heterocycles. The molecule has 0 saturated carbocycles. The first-order valence-electron chi connectivity index (χ1n) is 12.8. The van der Waals surface area contributed by atoms with Gasteiger partial charge in [-0.3, -0.25) is 9.59 Å². The van der Waals surface area contributed by atoms with E-state index in [0.717, 1.165) is 22.3 Å². The van der Waals surface area contributed by atoms with Gasteiger partial charge < -0.3 is 30.7 Å². The van der Waals surface area contributed by atoms with Gasteiger partial charge in [-0.15, -0.1) is 0 Å².